The third kappa shape index (κ3) is 4.91. The van der Waals surface area contributed by atoms with Gasteiger partial charge in [-0.25, -0.2) is 0 Å². The SMILES string of the molecule is C=CCCN(CC(=O)O)C(C)C. The monoisotopic (exact) mass is 171 g/mol. The Kier molecular flexibility index (Phi) is 5.37. The van der Waals surface area contributed by atoms with Crippen LogP contribution in [0.1, 0.15) is 20.3 Å². The molecule has 1 N–H and O–H groups in total. The fourth-order valence-electron chi connectivity index (χ4n) is 0.951. The lowest BCUT2D eigenvalue weighted by molar-refractivity contribution is -0.138. The first kappa shape index (κ1) is 11.2. The molecular formula is C9H17NO2. The van der Waals surface area contributed by atoms with Gasteiger partial charge in [-0.3, -0.25) is 9.69 Å². The third-order valence-corrected chi connectivity index (χ3v) is 1.69. The van der Waals surface area contributed by atoms with Gasteiger partial charge in [0, 0.05) is 12.6 Å². The molecule has 3 heteroatoms. The van der Waals surface area contributed by atoms with E-state index in [4.69, 9.17) is 5.11 Å². The van der Waals surface area contributed by atoms with Gasteiger partial charge in [0.2, 0.25) is 0 Å². The van der Waals surface area contributed by atoms with E-state index in [1.165, 1.54) is 0 Å². The summed E-state index contributed by atoms with van der Waals surface area (Å²) in [4.78, 5) is 12.3. The molecule has 0 aliphatic heterocycles. The Morgan fingerprint density at radius 1 is 1.67 bits per heavy atom. The van der Waals surface area contributed by atoms with E-state index in [-0.39, 0.29) is 12.6 Å². The lowest BCUT2D eigenvalue weighted by Gasteiger charge is -2.23. The number of hydrogen-bond donors (Lipinski definition) is 1. The van der Waals surface area contributed by atoms with Crippen LogP contribution in [0.5, 0.6) is 0 Å². The Morgan fingerprint density at radius 2 is 2.25 bits per heavy atom. The van der Waals surface area contributed by atoms with Gasteiger partial charge < -0.3 is 5.11 Å². The highest BCUT2D eigenvalue weighted by Crippen LogP contribution is 1.99. The molecule has 0 amide bonds. The van der Waals surface area contributed by atoms with Crippen LogP contribution in [0.4, 0.5) is 0 Å². The molecule has 0 aromatic rings. The fourth-order valence-corrected chi connectivity index (χ4v) is 0.951. The van der Waals surface area contributed by atoms with E-state index in [1.54, 1.807) is 6.08 Å². The lowest BCUT2D eigenvalue weighted by Crippen LogP contribution is -2.36. The Labute approximate surface area is 73.7 Å². The van der Waals surface area contributed by atoms with Crippen molar-refractivity contribution in [2.24, 2.45) is 0 Å². The van der Waals surface area contributed by atoms with E-state index >= 15 is 0 Å². The minimum atomic E-state index is -0.771. The highest BCUT2D eigenvalue weighted by Gasteiger charge is 2.11. The quantitative estimate of drug-likeness (QED) is 0.613. The van der Waals surface area contributed by atoms with Gasteiger partial charge in [-0.15, -0.1) is 6.58 Å². The van der Waals surface area contributed by atoms with Crippen LogP contribution in [0, 0.1) is 0 Å². The van der Waals surface area contributed by atoms with Crippen molar-refractivity contribution in [3.8, 4) is 0 Å². The zero-order valence-electron chi connectivity index (χ0n) is 7.79. The van der Waals surface area contributed by atoms with Crippen LogP contribution in [0.2, 0.25) is 0 Å². The predicted octanol–water partition coefficient (Wildman–Crippen LogP) is 1.36. The van der Waals surface area contributed by atoms with Crippen molar-refractivity contribution >= 4 is 5.97 Å². The van der Waals surface area contributed by atoms with Gasteiger partial charge in [-0.05, 0) is 20.3 Å². The van der Waals surface area contributed by atoms with Crippen molar-refractivity contribution in [3.63, 3.8) is 0 Å². The summed E-state index contributed by atoms with van der Waals surface area (Å²) in [6.45, 7) is 8.47. The normalized spacial score (nSPS) is 10.7. The van der Waals surface area contributed by atoms with Crippen molar-refractivity contribution < 1.29 is 9.90 Å². The third-order valence-electron chi connectivity index (χ3n) is 1.69. The second-order valence-electron chi connectivity index (χ2n) is 3.04. The molecule has 0 aromatic heterocycles. The van der Waals surface area contributed by atoms with Gasteiger partial charge in [0.25, 0.3) is 0 Å². The van der Waals surface area contributed by atoms with Crippen LogP contribution in [0.3, 0.4) is 0 Å². The van der Waals surface area contributed by atoms with Crippen molar-refractivity contribution in [1.82, 2.24) is 4.90 Å². The Balaban J connectivity index is 3.85. The lowest BCUT2D eigenvalue weighted by atomic mass is 10.3. The van der Waals surface area contributed by atoms with Crippen LogP contribution >= 0.6 is 0 Å². The number of carbonyl (C=O) groups is 1. The van der Waals surface area contributed by atoms with Crippen molar-refractivity contribution in [2.75, 3.05) is 13.1 Å². The average molecular weight is 171 g/mol. The second-order valence-corrected chi connectivity index (χ2v) is 3.04. The molecule has 0 saturated heterocycles. The van der Waals surface area contributed by atoms with Crippen LogP contribution in [0.25, 0.3) is 0 Å². The largest absolute Gasteiger partial charge is 0.480 e. The van der Waals surface area contributed by atoms with E-state index in [0.717, 1.165) is 13.0 Å². The summed E-state index contributed by atoms with van der Waals surface area (Å²) < 4.78 is 0. The maximum Gasteiger partial charge on any atom is 0.317 e. The minimum absolute atomic E-state index is 0.117. The zero-order valence-corrected chi connectivity index (χ0v) is 7.79. The van der Waals surface area contributed by atoms with Crippen molar-refractivity contribution in [3.05, 3.63) is 12.7 Å². The van der Waals surface area contributed by atoms with Crippen LogP contribution in [0.15, 0.2) is 12.7 Å². The van der Waals surface area contributed by atoms with Gasteiger partial charge in [-0.1, -0.05) is 6.08 Å². The first-order valence-corrected chi connectivity index (χ1v) is 4.14. The molecular weight excluding hydrogens is 154 g/mol. The molecule has 70 valence electrons. The highest BCUT2D eigenvalue weighted by molar-refractivity contribution is 5.69. The van der Waals surface area contributed by atoms with E-state index in [0.29, 0.717) is 0 Å². The van der Waals surface area contributed by atoms with E-state index in [2.05, 4.69) is 6.58 Å². The molecule has 0 bridgehead atoms. The van der Waals surface area contributed by atoms with Crippen LogP contribution in [-0.4, -0.2) is 35.1 Å². The number of carboxylic acids is 1. The van der Waals surface area contributed by atoms with Gasteiger partial charge in [0.05, 0.1) is 6.54 Å². The van der Waals surface area contributed by atoms with E-state index in [1.807, 2.05) is 18.7 Å². The van der Waals surface area contributed by atoms with E-state index in [9.17, 15) is 4.79 Å². The van der Waals surface area contributed by atoms with E-state index < -0.39 is 5.97 Å². The minimum Gasteiger partial charge on any atom is -0.480 e. The molecule has 0 atom stereocenters. The molecule has 3 nitrogen and oxygen atoms in total. The van der Waals surface area contributed by atoms with Gasteiger partial charge >= 0.3 is 5.97 Å². The molecule has 0 saturated carbocycles. The Morgan fingerprint density at radius 3 is 2.58 bits per heavy atom. The average Bonchev–Trinajstić information content (AvgIpc) is 1.96. The first-order valence-electron chi connectivity index (χ1n) is 4.14. The summed E-state index contributed by atoms with van der Waals surface area (Å²) in [6.07, 6.45) is 2.64. The summed E-state index contributed by atoms with van der Waals surface area (Å²) in [5.74, 6) is -0.771. The standard InChI is InChI=1S/C9H17NO2/c1-4-5-6-10(8(2)3)7-9(11)12/h4,8H,1,5-7H2,2-3H3,(H,11,12). The Hall–Kier alpha value is -0.830. The summed E-state index contributed by atoms with van der Waals surface area (Å²) in [5.41, 5.74) is 0. The first-order chi connectivity index (χ1) is 5.57. The molecule has 0 aliphatic rings. The maximum atomic E-state index is 10.4. The molecule has 0 fully saturated rings. The molecule has 0 heterocycles. The Bertz CT molecular complexity index is 155. The zero-order chi connectivity index (χ0) is 9.56. The summed E-state index contributed by atoms with van der Waals surface area (Å²) in [6, 6.07) is 0.279. The number of nitrogens with zero attached hydrogens (tertiary/aromatic N) is 1. The number of carboxylic acid groups (broad SMARTS) is 1. The van der Waals surface area contributed by atoms with Gasteiger partial charge in [-0.2, -0.15) is 0 Å². The molecule has 0 spiro atoms. The fraction of sp³-hybridized carbons (Fsp3) is 0.667. The van der Waals surface area contributed by atoms with Gasteiger partial charge in [0.1, 0.15) is 0 Å². The smallest absolute Gasteiger partial charge is 0.317 e. The number of rotatable bonds is 6. The topological polar surface area (TPSA) is 40.5 Å². The maximum absolute atomic E-state index is 10.4. The second kappa shape index (κ2) is 5.77. The number of aliphatic carboxylic acids is 1. The summed E-state index contributed by atoms with van der Waals surface area (Å²) in [7, 11) is 0. The van der Waals surface area contributed by atoms with Crippen molar-refractivity contribution in [2.45, 2.75) is 26.3 Å². The molecule has 0 radical (unpaired) electrons. The molecule has 0 rings (SSSR count). The van der Waals surface area contributed by atoms with Crippen LogP contribution in [-0.2, 0) is 4.79 Å². The summed E-state index contributed by atoms with van der Waals surface area (Å²) in [5, 5.41) is 8.56. The molecule has 0 aromatic carbocycles. The highest BCUT2D eigenvalue weighted by atomic mass is 16.4. The predicted molar refractivity (Wildman–Crippen MR) is 49.2 cm³/mol. The molecule has 0 unspecified atom stereocenters. The summed E-state index contributed by atoms with van der Waals surface area (Å²) >= 11 is 0. The molecule has 0 aliphatic carbocycles. The van der Waals surface area contributed by atoms with Crippen molar-refractivity contribution in [1.29, 1.82) is 0 Å². The van der Waals surface area contributed by atoms with Crippen LogP contribution < -0.4 is 0 Å². The molecule has 12 heavy (non-hydrogen) atoms. The van der Waals surface area contributed by atoms with Gasteiger partial charge in [0.15, 0.2) is 0 Å². The number of hydrogen-bond acceptors (Lipinski definition) is 2.